The molecule has 0 aliphatic carbocycles. The Morgan fingerprint density at radius 3 is 2.70 bits per heavy atom. The van der Waals surface area contributed by atoms with Crippen LogP contribution < -0.4 is 9.47 Å². The SMILES string of the molecule is COc1cc(COc2cccc(F)c2)nc(-c2ccccn2)n1. The molecule has 0 bridgehead atoms. The maximum Gasteiger partial charge on any atom is 0.217 e. The number of aromatic nitrogens is 3. The molecule has 1 aromatic carbocycles. The summed E-state index contributed by atoms with van der Waals surface area (Å²) in [6.07, 6.45) is 1.67. The highest BCUT2D eigenvalue weighted by atomic mass is 19.1. The summed E-state index contributed by atoms with van der Waals surface area (Å²) in [4.78, 5) is 12.9. The van der Waals surface area contributed by atoms with Crippen molar-refractivity contribution in [3.8, 4) is 23.1 Å². The molecular weight excluding hydrogens is 297 g/mol. The molecule has 0 unspecified atom stereocenters. The van der Waals surface area contributed by atoms with E-state index in [1.807, 2.05) is 18.2 Å². The van der Waals surface area contributed by atoms with E-state index in [0.717, 1.165) is 0 Å². The molecule has 0 aliphatic heterocycles. The smallest absolute Gasteiger partial charge is 0.217 e. The highest BCUT2D eigenvalue weighted by Crippen LogP contribution is 2.19. The fourth-order valence-electron chi connectivity index (χ4n) is 1.97. The van der Waals surface area contributed by atoms with E-state index >= 15 is 0 Å². The van der Waals surface area contributed by atoms with Gasteiger partial charge in [-0.1, -0.05) is 12.1 Å². The van der Waals surface area contributed by atoms with Crippen molar-refractivity contribution in [2.45, 2.75) is 6.61 Å². The summed E-state index contributed by atoms with van der Waals surface area (Å²) < 4.78 is 23.9. The molecule has 3 aromatic rings. The predicted molar refractivity (Wildman–Crippen MR) is 82.5 cm³/mol. The monoisotopic (exact) mass is 311 g/mol. The second-order valence-electron chi connectivity index (χ2n) is 4.69. The molecule has 0 fully saturated rings. The zero-order valence-corrected chi connectivity index (χ0v) is 12.4. The fourth-order valence-corrected chi connectivity index (χ4v) is 1.97. The average molecular weight is 311 g/mol. The van der Waals surface area contributed by atoms with Gasteiger partial charge in [0.05, 0.1) is 12.8 Å². The molecule has 5 nitrogen and oxygen atoms in total. The Labute approximate surface area is 132 Å². The molecule has 0 spiro atoms. The van der Waals surface area contributed by atoms with Gasteiger partial charge < -0.3 is 9.47 Å². The van der Waals surface area contributed by atoms with Crippen LogP contribution in [0.25, 0.3) is 11.5 Å². The third-order valence-corrected chi connectivity index (χ3v) is 3.04. The van der Waals surface area contributed by atoms with Gasteiger partial charge in [0.15, 0.2) is 5.82 Å². The summed E-state index contributed by atoms with van der Waals surface area (Å²) >= 11 is 0. The normalized spacial score (nSPS) is 10.3. The zero-order valence-electron chi connectivity index (χ0n) is 12.4. The topological polar surface area (TPSA) is 57.1 Å². The largest absolute Gasteiger partial charge is 0.487 e. The first-order valence-corrected chi connectivity index (χ1v) is 6.96. The Kier molecular flexibility index (Phi) is 4.42. The summed E-state index contributed by atoms with van der Waals surface area (Å²) in [7, 11) is 1.53. The lowest BCUT2D eigenvalue weighted by atomic mass is 10.3. The Balaban J connectivity index is 1.84. The first kappa shape index (κ1) is 14.9. The summed E-state index contributed by atoms with van der Waals surface area (Å²) in [5, 5.41) is 0. The maximum absolute atomic E-state index is 13.2. The van der Waals surface area contributed by atoms with Gasteiger partial charge in [-0.2, -0.15) is 4.98 Å². The quantitative estimate of drug-likeness (QED) is 0.724. The number of pyridine rings is 1. The third kappa shape index (κ3) is 3.79. The minimum atomic E-state index is -0.350. The summed E-state index contributed by atoms with van der Waals surface area (Å²) in [6.45, 7) is 0.169. The first-order chi connectivity index (χ1) is 11.2. The Hall–Kier alpha value is -3.02. The van der Waals surface area contributed by atoms with Crippen molar-refractivity contribution in [2.75, 3.05) is 7.11 Å². The molecule has 2 aromatic heterocycles. The van der Waals surface area contributed by atoms with Crippen LogP contribution >= 0.6 is 0 Å². The van der Waals surface area contributed by atoms with Crippen molar-refractivity contribution in [3.05, 3.63) is 66.2 Å². The highest BCUT2D eigenvalue weighted by molar-refractivity contribution is 5.49. The van der Waals surface area contributed by atoms with Gasteiger partial charge in [-0.25, -0.2) is 9.37 Å². The molecule has 6 heteroatoms. The zero-order chi connectivity index (χ0) is 16.1. The second kappa shape index (κ2) is 6.83. The molecule has 0 amide bonds. The van der Waals surface area contributed by atoms with E-state index in [1.54, 1.807) is 24.4 Å². The predicted octanol–water partition coefficient (Wildman–Crippen LogP) is 3.27. The van der Waals surface area contributed by atoms with Crippen LogP contribution in [0, 0.1) is 5.82 Å². The van der Waals surface area contributed by atoms with E-state index in [1.165, 1.54) is 19.2 Å². The van der Waals surface area contributed by atoms with E-state index in [0.29, 0.717) is 28.8 Å². The number of halogens is 1. The molecule has 0 atom stereocenters. The van der Waals surface area contributed by atoms with E-state index in [4.69, 9.17) is 9.47 Å². The van der Waals surface area contributed by atoms with Crippen LogP contribution in [-0.4, -0.2) is 22.1 Å². The molecule has 23 heavy (non-hydrogen) atoms. The number of nitrogens with zero attached hydrogens (tertiary/aromatic N) is 3. The average Bonchev–Trinajstić information content (AvgIpc) is 2.60. The lowest BCUT2D eigenvalue weighted by Crippen LogP contribution is -2.03. The first-order valence-electron chi connectivity index (χ1n) is 6.96. The number of ether oxygens (including phenoxy) is 2. The summed E-state index contributed by atoms with van der Waals surface area (Å²) in [5.74, 6) is 0.945. The summed E-state index contributed by atoms with van der Waals surface area (Å²) in [6, 6.07) is 13.1. The minimum Gasteiger partial charge on any atom is -0.487 e. The van der Waals surface area contributed by atoms with Crippen LogP contribution in [0.5, 0.6) is 11.6 Å². The molecule has 0 N–H and O–H groups in total. The third-order valence-electron chi connectivity index (χ3n) is 3.04. The number of hydrogen-bond acceptors (Lipinski definition) is 5. The second-order valence-corrected chi connectivity index (χ2v) is 4.69. The van der Waals surface area contributed by atoms with Gasteiger partial charge in [0.2, 0.25) is 5.88 Å². The van der Waals surface area contributed by atoms with Gasteiger partial charge in [0.1, 0.15) is 23.9 Å². The van der Waals surface area contributed by atoms with Crippen molar-refractivity contribution in [1.82, 2.24) is 15.0 Å². The number of benzene rings is 1. The Morgan fingerprint density at radius 2 is 1.96 bits per heavy atom. The van der Waals surface area contributed by atoms with E-state index in [9.17, 15) is 4.39 Å². The molecule has 0 aliphatic rings. The van der Waals surface area contributed by atoms with E-state index in [2.05, 4.69) is 15.0 Å². The summed E-state index contributed by atoms with van der Waals surface area (Å²) in [5.41, 5.74) is 1.25. The lowest BCUT2D eigenvalue weighted by molar-refractivity contribution is 0.298. The van der Waals surface area contributed by atoms with E-state index < -0.39 is 0 Å². The Morgan fingerprint density at radius 1 is 1.04 bits per heavy atom. The van der Waals surface area contributed by atoms with Crippen molar-refractivity contribution < 1.29 is 13.9 Å². The fraction of sp³-hybridized carbons (Fsp3) is 0.118. The van der Waals surface area contributed by atoms with Crippen molar-refractivity contribution in [1.29, 1.82) is 0 Å². The molecule has 3 rings (SSSR count). The van der Waals surface area contributed by atoms with Crippen LogP contribution in [-0.2, 0) is 6.61 Å². The number of methoxy groups -OCH3 is 1. The lowest BCUT2D eigenvalue weighted by Gasteiger charge is -2.09. The van der Waals surface area contributed by atoms with Gasteiger partial charge >= 0.3 is 0 Å². The minimum absolute atomic E-state index is 0.169. The van der Waals surface area contributed by atoms with Crippen molar-refractivity contribution >= 4 is 0 Å². The molecular formula is C17H14FN3O2. The number of hydrogen-bond donors (Lipinski definition) is 0. The number of rotatable bonds is 5. The Bertz CT molecular complexity index is 797. The highest BCUT2D eigenvalue weighted by Gasteiger charge is 2.09. The molecule has 2 heterocycles. The van der Waals surface area contributed by atoms with Crippen LogP contribution in [0.1, 0.15) is 5.69 Å². The van der Waals surface area contributed by atoms with Crippen molar-refractivity contribution in [2.24, 2.45) is 0 Å². The van der Waals surface area contributed by atoms with Crippen LogP contribution in [0.15, 0.2) is 54.7 Å². The molecule has 116 valence electrons. The van der Waals surface area contributed by atoms with Crippen LogP contribution in [0.3, 0.4) is 0 Å². The van der Waals surface area contributed by atoms with Gasteiger partial charge in [0.25, 0.3) is 0 Å². The molecule has 0 saturated carbocycles. The maximum atomic E-state index is 13.2. The van der Waals surface area contributed by atoms with Crippen molar-refractivity contribution in [3.63, 3.8) is 0 Å². The molecule has 0 saturated heterocycles. The van der Waals surface area contributed by atoms with Crippen LogP contribution in [0.4, 0.5) is 4.39 Å². The van der Waals surface area contributed by atoms with Gasteiger partial charge in [-0.15, -0.1) is 0 Å². The van der Waals surface area contributed by atoms with E-state index in [-0.39, 0.29) is 12.4 Å². The van der Waals surface area contributed by atoms with Gasteiger partial charge in [-0.3, -0.25) is 4.98 Å². The van der Waals surface area contributed by atoms with Gasteiger partial charge in [-0.05, 0) is 24.3 Å². The van der Waals surface area contributed by atoms with Gasteiger partial charge in [0, 0.05) is 18.3 Å². The molecule has 0 radical (unpaired) electrons. The van der Waals surface area contributed by atoms with Crippen LogP contribution in [0.2, 0.25) is 0 Å². The standard InChI is InChI=1S/C17H14FN3O2/c1-22-16-10-13(11-23-14-6-4-5-12(18)9-14)20-17(21-16)15-7-2-3-8-19-15/h2-10H,11H2,1H3.